The average Bonchev–Trinajstić information content (AvgIpc) is 2.65. The van der Waals surface area contributed by atoms with Crippen LogP contribution in [0.25, 0.3) is 0 Å². The molecule has 1 unspecified atom stereocenters. The number of nitrogens with zero attached hydrogens (tertiary/aromatic N) is 1. The summed E-state index contributed by atoms with van der Waals surface area (Å²) in [6.07, 6.45) is 5.51. The Balaban J connectivity index is 2.36. The second kappa shape index (κ2) is 5.16. The van der Waals surface area contributed by atoms with E-state index < -0.39 is 5.92 Å². The highest BCUT2D eigenvalue weighted by Crippen LogP contribution is 2.36. The largest absolute Gasteiger partial charge is 0.354 e. The van der Waals surface area contributed by atoms with E-state index in [1.165, 1.54) is 25.7 Å². The highest BCUT2D eigenvalue weighted by Gasteiger charge is 2.29. The number of carbonyl (C=O) groups excluding carboxylic acids is 1. The zero-order chi connectivity index (χ0) is 11.3. The summed E-state index contributed by atoms with van der Waals surface area (Å²) < 4.78 is 0. The summed E-state index contributed by atoms with van der Waals surface area (Å²) in [5, 5.41) is 11.6. The van der Waals surface area contributed by atoms with Crippen molar-refractivity contribution in [3.05, 3.63) is 0 Å². The van der Waals surface area contributed by atoms with E-state index in [2.05, 4.69) is 12.2 Å². The lowest BCUT2D eigenvalue weighted by Gasteiger charge is -2.24. The zero-order valence-corrected chi connectivity index (χ0v) is 9.68. The Morgan fingerprint density at radius 1 is 1.53 bits per heavy atom. The van der Waals surface area contributed by atoms with Gasteiger partial charge in [0, 0.05) is 6.54 Å². The number of nitrogens with one attached hydrogen (secondary N) is 1. The lowest BCUT2D eigenvalue weighted by molar-refractivity contribution is -0.123. The monoisotopic (exact) mass is 208 g/mol. The third-order valence-electron chi connectivity index (χ3n) is 3.38. The molecular formula is C12H20N2O. The molecule has 0 heterocycles. The number of nitriles is 1. The van der Waals surface area contributed by atoms with Crippen LogP contribution in [-0.4, -0.2) is 12.5 Å². The van der Waals surface area contributed by atoms with Crippen LogP contribution >= 0.6 is 0 Å². The van der Waals surface area contributed by atoms with Crippen LogP contribution in [0.2, 0.25) is 0 Å². The summed E-state index contributed by atoms with van der Waals surface area (Å²) in [5.74, 6) is -0.580. The van der Waals surface area contributed by atoms with Crippen LogP contribution in [0.4, 0.5) is 0 Å². The van der Waals surface area contributed by atoms with E-state index in [1.807, 2.05) is 13.0 Å². The average molecular weight is 208 g/mol. The molecule has 1 aliphatic rings. The molecule has 0 saturated heterocycles. The summed E-state index contributed by atoms with van der Waals surface area (Å²) in [5.41, 5.74) is 0.267. The smallest absolute Gasteiger partial charge is 0.237 e. The van der Waals surface area contributed by atoms with Crippen molar-refractivity contribution in [1.82, 2.24) is 5.32 Å². The van der Waals surface area contributed by atoms with Gasteiger partial charge < -0.3 is 5.32 Å². The zero-order valence-electron chi connectivity index (χ0n) is 9.68. The van der Waals surface area contributed by atoms with Crippen LogP contribution in [0.3, 0.4) is 0 Å². The van der Waals surface area contributed by atoms with Crippen molar-refractivity contribution in [3.63, 3.8) is 0 Å². The maximum Gasteiger partial charge on any atom is 0.237 e. The number of carbonyl (C=O) groups is 1. The summed E-state index contributed by atoms with van der Waals surface area (Å²) in [4.78, 5) is 11.6. The van der Waals surface area contributed by atoms with Crippen LogP contribution in [0, 0.1) is 22.7 Å². The second-order valence-electron chi connectivity index (χ2n) is 4.83. The van der Waals surface area contributed by atoms with Crippen molar-refractivity contribution in [2.75, 3.05) is 6.54 Å². The molecule has 1 saturated carbocycles. The third-order valence-corrected chi connectivity index (χ3v) is 3.38. The number of amides is 1. The fourth-order valence-electron chi connectivity index (χ4n) is 2.16. The highest BCUT2D eigenvalue weighted by atomic mass is 16.1. The third kappa shape index (κ3) is 3.23. The molecule has 1 N–H and O–H groups in total. The molecule has 1 fully saturated rings. The van der Waals surface area contributed by atoms with E-state index in [0.717, 1.165) is 6.54 Å². The van der Waals surface area contributed by atoms with Crippen molar-refractivity contribution in [2.24, 2.45) is 11.3 Å². The first-order chi connectivity index (χ1) is 7.11. The van der Waals surface area contributed by atoms with Crippen LogP contribution in [0.5, 0.6) is 0 Å². The second-order valence-corrected chi connectivity index (χ2v) is 4.83. The lowest BCUT2D eigenvalue weighted by atomic mass is 9.88. The topological polar surface area (TPSA) is 52.9 Å². The van der Waals surface area contributed by atoms with Crippen LogP contribution in [0.1, 0.15) is 46.0 Å². The van der Waals surface area contributed by atoms with Crippen molar-refractivity contribution >= 4 is 5.91 Å². The van der Waals surface area contributed by atoms with Crippen molar-refractivity contribution in [2.45, 2.75) is 46.0 Å². The fourth-order valence-corrected chi connectivity index (χ4v) is 2.16. The van der Waals surface area contributed by atoms with Gasteiger partial charge in [-0.1, -0.05) is 26.7 Å². The predicted octanol–water partition coefficient (Wildman–Crippen LogP) is 2.23. The SMILES string of the molecule is CCC(C#N)C(=O)NCC1(C)CCCC1. The van der Waals surface area contributed by atoms with Gasteiger partial charge in [-0.05, 0) is 24.7 Å². The van der Waals surface area contributed by atoms with Gasteiger partial charge in [0.15, 0.2) is 0 Å². The normalized spacial score (nSPS) is 20.6. The Hall–Kier alpha value is -1.04. The summed E-state index contributed by atoms with van der Waals surface area (Å²) in [7, 11) is 0. The van der Waals surface area contributed by atoms with Gasteiger partial charge in [-0.15, -0.1) is 0 Å². The van der Waals surface area contributed by atoms with Crippen LogP contribution in [-0.2, 0) is 4.79 Å². The minimum atomic E-state index is -0.477. The number of rotatable bonds is 4. The fraction of sp³-hybridized carbons (Fsp3) is 0.833. The van der Waals surface area contributed by atoms with E-state index in [4.69, 9.17) is 5.26 Å². The molecule has 0 radical (unpaired) electrons. The highest BCUT2D eigenvalue weighted by molar-refractivity contribution is 5.80. The van der Waals surface area contributed by atoms with Gasteiger partial charge in [0.1, 0.15) is 5.92 Å². The Morgan fingerprint density at radius 2 is 2.13 bits per heavy atom. The molecule has 3 nitrogen and oxygen atoms in total. The van der Waals surface area contributed by atoms with Gasteiger partial charge in [0.05, 0.1) is 6.07 Å². The van der Waals surface area contributed by atoms with E-state index in [-0.39, 0.29) is 11.3 Å². The summed E-state index contributed by atoms with van der Waals surface area (Å²) in [6, 6.07) is 2.03. The Kier molecular flexibility index (Phi) is 4.14. The van der Waals surface area contributed by atoms with Gasteiger partial charge in [-0.3, -0.25) is 4.79 Å². The van der Waals surface area contributed by atoms with Gasteiger partial charge in [-0.25, -0.2) is 0 Å². The molecule has 1 rings (SSSR count). The van der Waals surface area contributed by atoms with E-state index in [0.29, 0.717) is 6.42 Å². The molecule has 1 aliphatic carbocycles. The van der Waals surface area contributed by atoms with Gasteiger partial charge in [-0.2, -0.15) is 5.26 Å². The maximum absolute atomic E-state index is 11.6. The molecule has 84 valence electrons. The predicted molar refractivity (Wildman–Crippen MR) is 59.0 cm³/mol. The molecule has 0 spiro atoms. The van der Waals surface area contributed by atoms with Gasteiger partial charge in [0.25, 0.3) is 0 Å². The minimum absolute atomic E-state index is 0.104. The minimum Gasteiger partial charge on any atom is -0.354 e. The Labute approximate surface area is 91.9 Å². The van der Waals surface area contributed by atoms with Crippen molar-refractivity contribution in [1.29, 1.82) is 5.26 Å². The first-order valence-corrected chi connectivity index (χ1v) is 5.78. The molecule has 0 aromatic heterocycles. The van der Waals surface area contributed by atoms with Gasteiger partial charge >= 0.3 is 0 Å². The lowest BCUT2D eigenvalue weighted by Crippen LogP contribution is -2.37. The molecule has 1 atom stereocenters. The van der Waals surface area contributed by atoms with Crippen LogP contribution < -0.4 is 5.32 Å². The molecule has 0 aromatic rings. The quantitative estimate of drug-likeness (QED) is 0.770. The molecule has 15 heavy (non-hydrogen) atoms. The Morgan fingerprint density at radius 3 is 2.60 bits per heavy atom. The molecule has 1 amide bonds. The first-order valence-electron chi connectivity index (χ1n) is 5.78. The summed E-state index contributed by atoms with van der Waals surface area (Å²) >= 11 is 0. The summed E-state index contributed by atoms with van der Waals surface area (Å²) in [6.45, 7) is 4.81. The van der Waals surface area contributed by atoms with Crippen LogP contribution in [0.15, 0.2) is 0 Å². The number of hydrogen-bond donors (Lipinski definition) is 1. The van der Waals surface area contributed by atoms with Gasteiger partial charge in [0.2, 0.25) is 5.91 Å². The molecule has 0 bridgehead atoms. The maximum atomic E-state index is 11.6. The molecule has 0 aromatic carbocycles. The van der Waals surface area contributed by atoms with E-state index >= 15 is 0 Å². The standard InChI is InChI=1S/C12H20N2O/c1-3-10(8-13)11(15)14-9-12(2)6-4-5-7-12/h10H,3-7,9H2,1-2H3,(H,14,15). The van der Waals surface area contributed by atoms with Crippen molar-refractivity contribution in [3.8, 4) is 6.07 Å². The van der Waals surface area contributed by atoms with E-state index in [1.54, 1.807) is 0 Å². The number of hydrogen-bond acceptors (Lipinski definition) is 2. The Bertz CT molecular complexity index is 261. The van der Waals surface area contributed by atoms with E-state index in [9.17, 15) is 4.79 Å². The van der Waals surface area contributed by atoms with Crippen molar-refractivity contribution < 1.29 is 4.79 Å². The first kappa shape index (κ1) is 12.0. The molecule has 3 heteroatoms. The molecule has 0 aliphatic heterocycles. The molecular weight excluding hydrogens is 188 g/mol.